The maximum Gasteiger partial charge on any atom is 0.255 e. The van der Waals surface area contributed by atoms with E-state index in [0.717, 1.165) is 37.6 Å². The average Bonchev–Trinajstić information content (AvgIpc) is 3.16. The van der Waals surface area contributed by atoms with E-state index in [1.54, 1.807) is 23.6 Å². The van der Waals surface area contributed by atoms with Crippen LogP contribution >= 0.6 is 22.9 Å². The molecule has 4 nitrogen and oxygen atoms in total. The first kappa shape index (κ1) is 17.6. The fourth-order valence-corrected chi connectivity index (χ4v) is 4.38. The number of benzene rings is 1. The first-order valence-electron chi connectivity index (χ1n) is 8.91. The number of rotatable bonds is 5. The lowest BCUT2D eigenvalue weighted by atomic mass is 9.93. The number of hydrogen-bond acceptors (Lipinski definition) is 4. The number of aromatic amines is 1. The summed E-state index contributed by atoms with van der Waals surface area (Å²) in [4.78, 5) is 14.5. The van der Waals surface area contributed by atoms with Crippen LogP contribution in [0.1, 0.15) is 31.2 Å². The lowest BCUT2D eigenvalue weighted by molar-refractivity contribution is 0.139. The van der Waals surface area contributed by atoms with Crippen LogP contribution in [0.4, 0.5) is 0 Å². The van der Waals surface area contributed by atoms with E-state index in [1.807, 2.05) is 12.1 Å². The molecule has 1 aliphatic carbocycles. The molecule has 0 atom stereocenters. The third-order valence-electron chi connectivity index (χ3n) is 4.97. The van der Waals surface area contributed by atoms with Gasteiger partial charge in [-0.3, -0.25) is 4.79 Å². The van der Waals surface area contributed by atoms with Gasteiger partial charge in [0.1, 0.15) is 5.75 Å². The summed E-state index contributed by atoms with van der Waals surface area (Å²) >= 11 is 8.08. The molecule has 1 aliphatic rings. The van der Waals surface area contributed by atoms with Crippen molar-refractivity contribution >= 4 is 33.7 Å². The third kappa shape index (κ3) is 3.95. The zero-order valence-electron chi connectivity index (χ0n) is 14.3. The molecule has 1 aromatic carbocycles. The predicted molar refractivity (Wildman–Crippen MR) is 107 cm³/mol. The topological polar surface area (TPSA) is 54.1 Å². The molecule has 3 aromatic rings. The maximum absolute atomic E-state index is 11.9. The van der Waals surface area contributed by atoms with E-state index in [2.05, 4.69) is 27.1 Å². The minimum atomic E-state index is -0.131. The number of nitrogens with one attached hydrogen (secondary N) is 2. The normalized spacial score (nSPS) is 20.3. The van der Waals surface area contributed by atoms with Crippen molar-refractivity contribution in [3.63, 3.8) is 0 Å². The number of hydrogen-bond donors (Lipinski definition) is 2. The lowest BCUT2D eigenvalue weighted by Crippen LogP contribution is -2.35. The molecule has 26 heavy (non-hydrogen) atoms. The minimum absolute atomic E-state index is 0.131. The molecule has 0 saturated heterocycles. The van der Waals surface area contributed by atoms with E-state index in [4.69, 9.17) is 16.3 Å². The Morgan fingerprint density at radius 1 is 1.23 bits per heavy atom. The molecular weight excluding hydrogens is 368 g/mol. The summed E-state index contributed by atoms with van der Waals surface area (Å²) in [6.45, 7) is 0.935. The predicted octanol–water partition coefficient (Wildman–Crippen LogP) is 4.72. The van der Waals surface area contributed by atoms with E-state index in [9.17, 15) is 4.79 Å². The number of ether oxygens (including phenoxy) is 1. The molecule has 0 spiro atoms. The average molecular weight is 389 g/mol. The number of fused-ring (bicyclic) bond motifs is 1. The van der Waals surface area contributed by atoms with Crippen molar-refractivity contribution in [3.8, 4) is 5.75 Å². The van der Waals surface area contributed by atoms with Gasteiger partial charge in [0.15, 0.2) is 0 Å². The SMILES string of the molecule is O=c1[nH]ccc2cc(O[C@H]3CC[C@@H](NCc4ccsc4)CC3)c(Cl)cc12. The van der Waals surface area contributed by atoms with E-state index >= 15 is 0 Å². The number of pyridine rings is 1. The smallest absolute Gasteiger partial charge is 0.255 e. The van der Waals surface area contributed by atoms with Crippen LogP contribution in [0.3, 0.4) is 0 Å². The Bertz CT molecular complexity index is 931. The molecule has 0 aliphatic heterocycles. The van der Waals surface area contributed by atoms with E-state index in [1.165, 1.54) is 5.56 Å². The van der Waals surface area contributed by atoms with Gasteiger partial charge in [-0.1, -0.05) is 11.6 Å². The van der Waals surface area contributed by atoms with Crippen LogP contribution in [-0.4, -0.2) is 17.1 Å². The number of halogens is 1. The molecule has 6 heteroatoms. The molecule has 1 saturated carbocycles. The van der Waals surface area contributed by atoms with Gasteiger partial charge in [-0.15, -0.1) is 0 Å². The Morgan fingerprint density at radius 2 is 2.08 bits per heavy atom. The molecule has 0 bridgehead atoms. The van der Waals surface area contributed by atoms with Gasteiger partial charge < -0.3 is 15.0 Å². The molecule has 0 unspecified atom stereocenters. The van der Waals surface area contributed by atoms with E-state index in [0.29, 0.717) is 22.2 Å². The lowest BCUT2D eigenvalue weighted by Gasteiger charge is -2.30. The first-order valence-corrected chi connectivity index (χ1v) is 10.2. The standard InChI is InChI=1S/C20H21ClN2O2S/c21-18-10-17-14(5-7-22-20(17)24)9-19(18)25-16-3-1-15(2-4-16)23-11-13-6-8-26-12-13/h5-10,12,15-16,23H,1-4,11H2,(H,22,24)/t15-,16+. The highest BCUT2D eigenvalue weighted by Gasteiger charge is 2.23. The third-order valence-corrected chi connectivity index (χ3v) is 6.00. The van der Waals surface area contributed by atoms with E-state index in [-0.39, 0.29) is 11.7 Å². The van der Waals surface area contributed by atoms with Crippen LogP contribution in [-0.2, 0) is 6.54 Å². The molecule has 2 N–H and O–H groups in total. The first-order chi connectivity index (χ1) is 12.7. The quantitative estimate of drug-likeness (QED) is 0.664. The van der Waals surface area contributed by atoms with E-state index < -0.39 is 0 Å². The van der Waals surface area contributed by atoms with Crippen LogP contribution in [0.5, 0.6) is 5.75 Å². The Hall–Kier alpha value is -1.82. The maximum atomic E-state index is 11.9. The second-order valence-electron chi connectivity index (χ2n) is 6.78. The molecule has 2 heterocycles. The number of thiophene rings is 1. The van der Waals surface area contributed by atoms with Gasteiger partial charge >= 0.3 is 0 Å². The van der Waals surface area contributed by atoms with Crippen molar-refractivity contribution in [3.05, 3.63) is 62.2 Å². The van der Waals surface area contributed by atoms with Crippen molar-refractivity contribution in [1.29, 1.82) is 0 Å². The highest BCUT2D eigenvalue weighted by Crippen LogP contribution is 2.32. The van der Waals surface area contributed by atoms with Crippen LogP contribution < -0.4 is 15.6 Å². The van der Waals surface area contributed by atoms with Crippen LogP contribution in [0, 0.1) is 0 Å². The monoisotopic (exact) mass is 388 g/mol. The number of aromatic nitrogens is 1. The summed E-state index contributed by atoms with van der Waals surface area (Å²) in [6, 6.07) is 8.14. The van der Waals surface area contributed by atoms with Crippen molar-refractivity contribution in [1.82, 2.24) is 10.3 Å². The van der Waals surface area contributed by atoms with Crippen molar-refractivity contribution in [2.45, 2.75) is 44.4 Å². The van der Waals surface area contributed by atoms with Crippen LogP contribution in [0.15, 0.2) is 46.0 Å². The Kier molecular flexibility index (Phi) is 5.29. The Morgan fingerprint density at radius 3 is 2.85 bits per heavy atom. The van der Waals surface area contributed by atoms with Gasteiger partial charge in [0.05, 0.1) is 11.1 Å². The summed E-state index contributed by atoms with van der Waals surface area (Å²) in [5, 5.41) is 9.87. The van der Waals surface area contributed by atoms with Crippen molar-refractivity contribution in [2.75, 3.05) is 0 Å². The van der Waals surface area contributed by atoms with Crippen LogP contribution in [0.25, 0.3) is 10.8 Å². The molecule has 0 radical (unpaired) electrons. The minimum Gasteiger partial charge on any atom is -0.489 e. The highest BCUT2D eigenvalue weighted by atomic mass is 35.5. The molecule has 1 fully saturated rings. The molecular formula is C20H21ClN2O2S. The van der Waals surface area contributed by atoms with Gasteiger partial charge in [-0.25, -0.2) is 0 Å². The summed E-state index contributed by atoms with van der Waals surface area (Å²) in [5.74, 6) is 0.666. The van der Waals surface area contributed by atoms with Gasteiger partial charge in [0.25, 0.3) is 5.56 Å². The largest absolute Gasteiger partial charge is 0.489 e. The second kappa shape index (κ2) is 7.82. The molecule has 0 amide bonds. The summed E-state index contributed by atoms with van der Waals surface area (Å²) in [5.41, 5.74) is 1.22. The Balaban J connectivity index is 1.36. The molecule has 2 aromatic heterocycles. The van der Waals surface area contributed by atoms with Crippen molar-refractivity contribution in [2.24, 2.45) is 0 Å². The zero-order valence-corrected chi connectivity index (χ0v) is 15.9. The van der Waals surface area contributed by atoms with Gasteiger partial charge in [-0.2, -0.15) is 11.3 Å². The zero-order chi connectivity index (χ0) is 17.9. The van der Waals surface area contributed by atoms with Crippen LogP contribution in [0.2, 0.25) is 5.02 Å². The second-order valence-corrected chi connectivity index (χ2v) is 7.97. The number of H-pyrrole nitrogens is 1. The summed E-state index contributed by atoms with van der Waals surface area (Å²) in [6.07, 6.45) is 6.02. The Labute approximate surface area is 161 Å². The fourth-order valence-electron chi connectivity index (χ4n) is 3.50. The van der Waals surface area contributed by atoms with Gasteiger partial charge in [0, 0.05) is 24.2 Å². The fraction of sp³-hybridized carbons (Fsp3) is 0.350. The summed E-state index contributed by atoms with van der Waals surface area (Å²) in [7, 11) is 0. The highest BCUT2D eigenvalue weighted by molar-refractivity contribution is 7.07. The van der Waals surface area contributed by atoms with Gasteiger partial charge in [-0.05, 0) is 71.7 Å². The summed E-state index contributed by atoms with van der Waals surface area (Å²) < 4.78 is 6.16. The molecule has 136 valence electrons. The van der Waals surface area contributed by atoms with Gasteiger partial charge in [0.2, 0.25) is 0 Å². The van der Waals surface area contributed by atoms with Crippen molar-refractivity contribution < 1.29 is 4.74 Å². The molecule has 4 rings (SSSR count).